The van der Waals surface area contributed by atoms with Crippen LogP contribution in [-0.4, -0.2) is 36.3 Å². The van der Waals surface area contributed by atoms with E-state index >= 15 is 0 Å². The van der Waals surface area contributed by atoms with Crippen molar-refractivity contribution in [2.24, 2.45) is 7.05 Å². The molecule has 6 nitrogen and oxygen atoms in total. The minimum absolute atomic E-state index is 0.139. The third kappa shape index (κ3) is 4.06. The van der Waals surface area contributed by atoms with Crippen LogP contribution in [0.2, 0.25) is 0 Å². The number of nitrogens with zero attached hydrogens (tertiary/aromatic N) is 2. The fraction of sp³-hybridized carbons (Fsp3) is 0.318. The SMILES string of the molecule is CCN(CC)S(=O)(=O)c1ccc2c(c1)cc(C(=O)N[C@@H](C)c1ccccc1)n2C. The van der Waals surface area contributed by atoms with E-state index in [0.29, 0.717) is 18.8 Å². The zero-order valence-corrected chi connectivity index (χ0v) is 18.0. The number of nitrogens with one attached hydrogen (secondary N) is 1. The van der Waals surface area contributed by atoms with Gasteiger partial charge in [-0.1, -0.05) is 44.2 Å². The molecule has 0 radical (unpaired) electrons. The van der Waals surface area contributed by atoms with Gasteiger partial charge in [0.05, 0.1) is 10.9 Å². The molecule has 29 heavy (non-hydrogen) atoms. The Morgan fingerprint density at radius 2 is 1.72 bits per heavy atom. The van der Waals surface area contributed by atoms with Crippen LogP contribution < -0.4 is 5.32 Å². The Kier molecular flexibility index (Phi) is 6.10. The molecule has 0 fully saturated rings. The molecule has 7 heteroatoms. The highest BCUT2D eigenvalue weighted by Crippen LogP contribution is 2.25. The maximum absolute atomic E-state index is 12.8. The summed E-state index contributed by atoms with van der Waals surface area (Å²) >= 11 is 0. The maximum Gasteiger partial charge on any atom is 0.268 e. The summed E-state index contributed by atoms with van der Waals surface area (Å²) in [6, 6.07) is 16.3. The molecular formula is C22H27N3O3S. The number of hydrogen-bond acceptors (Lipinski definition) is 3. The molecule has 0 aliphatic rings. The second-order valence-corrected chi connectivity index (χ2v) is 8.94. The Bertz CT molecular complexity index is 1120. The lowest BCUT2D eigenvalue weighted by molar-refractivity contribution is 0.0932. The Hall–Kier alpha value is -2.64. The van der Waals surface area contributed by atoms with Crippen molar-refractivity contribution in [3.63, 3.8) is 0 Å². The lowest BCUT2D eigenvalue weighted by Crippen LogP contribution is -2.30. The number of carbonyl (C=O) groups excluding carboxylic acids is 1. The zero-order chi connectivity index (χ0) is 21.2. The van der Waals surface area contributed by atoms with Crippen molar-refractivity contribution in [1.82, 2.24) is 14.2 Å². The van der Waals surface area contributed by atoms with Gasteiger partial charge in [0, 0.05) is 31.0 Å². The maximum atomic E-state index is 12.8. The first-order chi connectivity index (χ1) is 13.8. The second kappa shape index (κ2) is 8.39. The standard InChI is InChI=1S/C22H27N3O3S/c1-5-25(6-2)29(27,28)19-12-13-20-18(14-19)15-21(24(20)4)22(26)23-16(3)17-10-8-7-9-11-17/h7-16H,5-6H2,1-4H3,(H,23,26)/t16-/m0/s1. The second-order valence-electron chi connectivity index (χ2n) is 7.00. The number of amides is 1. The van der Waals surface area contributed by atoms with E-state index in [4.69, 9.17) is 0 Å². The van der Waals surface area contributed by atoms with Gasteiger partial charge in [-0.3, -0.25) is 4.79 Å². The van der Waals surface area contributed by atoms with Gasteiger partial charge >= 0.3 is 0 Å². The van der Waals surface area contributed by atoms with Crippen LogP contribution in [0, 0.1) is 0 Å². The average Bonchev–Trinajstić information content (AvgIpc) is 3.05. The number of aryl methyl sites for hydroxylation is 1. The average molecular weight is 414 g/mol. The molecule has 0 unspecified atom stereocenters. The van der Waals surface area contributed by atoms with Crippen LogP contribution in [0.25, 0.3) is 10.9 Å². The number of sulfonamides is 1. The minimum Gasteiger partial charge on any atom is -0.344 e. The summed E-state index contributed by atoms with van der Waals surface area (Å²) in [7, 11) is -1.74. The van der Waals surface area contributed by atoms with Gasteiger partial charge in [-0.05, 0) is 36.8 Å². The van der Waals surface area contributed by atoms with Gasteiger partial charge in [0.25, 0.3) is 5.91 Å². The molecule has 3 rings (SSSR count). The number of benzene rings is 2. The molecule has 3 aromatic rings. The molecule has 0 saturated heterocycles. The van der Waals surface area contributed by atoms with Gasteiger partial charge in [0.2, 0.25) is 10.0 Å². The van der Waals surface area contributed by atoms with E-state index in [9.17, 15) is 13.2 Å². The van der Waals surface area contributed by atoms with Gasteiger partial charge < -0.3 is 9.88 Å². The lowest BCUT2D eigenvalue weighted by atomic mass is 10.1. The van der Waals surface area contributed by atoms with Gasteiger partial charge in [0.15, 0.2) is 0 Å². The van der Waals surface area contributed by atoms with Gasteiger partial charge in [0.1, 0.15) is 5.69 Å². The minimum atomic E-state index is -3.55. The van der Waals surface area contributed by atoms with Crippen molar-refractivity contribution in [2.45, 2.75) is 31.7 Å². The monoisotopic (exact) mass is 413 g/mol. The van der Waals surface area contributed by atoms with E-state index in [-0.39, 0.29) is 16.8 Å². The van der Waals surface area contributed by atoms with E-state index in [2.05, 4.69) is 5.32 Å². The fourth-order valence-electron chi connectivity index (χ4n) is 3.51. The third-order valence-corrected chi connectivity index (χ3v) is 7.28. The molecule has 0 bridgehead atoms. The van der Waals surface area contributed by atoms with E-state index in [1.165, 1.54) is 4.31 Å². The van der Waals surface area contributed by atoms with Gasteiger partial charge in [-0.25, -0.2) is 8.42 Å². The smallest absolute Gasteiger partial charge is 0.268 e. The number of fused-ring (bicyclic) bond motifs is 1. The van der Waals surface area contributed by atoms with E-state index < -0.39 is 10.0 Å². The molecule has 0 aliphatic carbocycles. The number of hydrogen-bond donors (Lipinski definition) is 1. The molecule has 1 atom stereocenters. The van der Waals surface area contributed by atoms with Crippen molar-refractivity contribution in [1.29, 1.82) is 0 Å². The highest BCUT2D eigenvalue weighted by molar-refractivity contribution is 7.89. The first-order valence-corrected chi connectivity index (χ1v) is 11.2. The van der Waals surface area contributed by atoms with Gasteiger partial charge in [-0.15, -0.1) is 0 Å². The molecule has 0 aliphatic heterocycles. The van der Waals surface area contributed by atoms with E-state index in [1.807, 2.05) is 58.2 Å². The quantitative estimate of drug-likeness (QED) is 0.642. The summed E-state index contributed by atoms with van der Waals surface area (Å²) in [4.78, 5) is 13.1. The van der Waals surface area contributed by atoms with Crippen molar-refractivity contribution in [2.75, 3.05) is 13.1 Å². The largest absolute Gasteiger partial charge is 0.344 e. The summed E-state index contributed by atoms with van der Waals surface area (Å²) < 4.78 is 28.8. The van der Waals surface area contributed by atoms with Crippen LogP contribution in [0.5, 0.6) is 0 Å². The summed E-state index contributed by atoms with van der Waals surface area (Å²) in [6.07, 6.45) is 0. The first-order valence-electron chi connectivity index (χ1n) is 9.75. The Morgan fingerprint density at radius 3 is 2.34 bits per heavy atom. The molecule has 0 spiro atoms. The van der Waals surface area contributed by atoms with Gasteiger partial charge in [-0.2, -0.15) is 4.31 Å². The molecule has 1 amide bonds. The number of rotatable bonds is 7. The molecule has 0 saturated carbocycles. The van der Waals surface area contributed by atoms with Crippen LogP contribution in [0.1, 0.15) is 42.9 Å². The van der Waals surface area contributed by atoms with Crippen LogP contribution in [0.4, 0.5) is 0 Å². The summed E-state index contributed by atoms with van der Waals surface area (Å²) in [5.41, 5.74) is 2.31. The normalized spacial score (nSPS) is 13.0. The zero-order valence-electron chi connectivity index (χ0n) is 17.2. The Balaban J connectivity index is 1.92. The molecule has 1 heterocycles. The van der Waals surface area contributed by atoms with Crippen molar-refractivity contribution in [3.05, 3.63) is 65.9 Å². The third-order valence-electron chi connectivity index (χ3n) is 5.24. The Labute approximate surface area is 172 Å². The first kappa shape index (κ1) is 21.1. The Morgan fingerprint density at radius 1 is 1.07 bits per heavy atom. The fourth-order valence-corrected chi connectivity index (χ4v) is 5.01. The molecule has 154 valence electrons. The lowest BCUT2D eigenvalue weighted by Gasteiger charge is -2.18. The molecular weight excluding hydrogens is 386 g/mol. The van der Waals surface area contributed by atoms with Crippen LogP contribution in [0.3, 0.4) is 0 Å². The predicted molar refractivity (Wildman–Crippen MR) is 115 cm³/mol. The van der Waals surface area contributed by atoms with Crippen molar-refractivity contribution in [3.8, 4) is 0 Å². The highest BCUT2D eigenvalue weighted by Gasteiger charge is 2.23. The van der Waals surface area contributed by atoms with E-state index in [1.54, 1.807) is 28.8 Å². The van der Waals surface area contributed by atoms with Crippen molar-refractivity contribution < 1.29 is 13.2 Å². The van der Waals surface area contributed by atoms with E-state index in [0.717, 1.165) is 16.5 Å². The summed E-state index contributed by atoms with van der Waals surface area (Å²) in [5, 5.41) is 3.73. The van der Waals surface area contributed by atoms with Crippen LogP contribution in [-0.2, 0) is 17.1 Å². The molecule has 1 N–H and O–H groups in total. The molecule has 2 aromatic carbocycles. The summed E-state index contributed by atoms with van der Waals surface area (Å²) in [5.74, 6) is -0.201. The van der Waals surface area contributed by atoms with Crippen LogP contribution in [0.15, 0.2) is 59.5 Å². The van der Waals surface area contributed by atoms with Crippen LogP contribution >= 0.6 is 0 Å². The number of aromatic nitrogens is 1. The van der Waals surface area contributed by atoms with Crippen molar-refractivity contribution >= 4 is 26.8 Å². The molecule has 1 aromatic heterocycles. The highest BCUT2D eigenvalue weighted by atomic mass is 32.2. The topological polar surface area (TPSA) is 71.4 Å². The number of carbonyl (C=O) groups is 1. The predicted octanol–water partition coefficient (Wildman–Crippen LogP) is 3.70. The summed E-state index contributed by atoms with van der Waals surface area (Å²) in [6.45, 7) is 6.40.